The van der Waals surface area contributed by atoms with Crippen molar-refractivity contribution in [3.05, 3.63) is 0 Å². The second kappa shape index (κ2) is 12.6. The van der Waals surface area contributed by atoms with Gasteiger partial charge in [0, 0.05) is 6.61 Å². The lowest BCUT2D eigenvalue weighted by molar-refractivity contribution is -0.186. The van der Waals surface area contributed by atoms with Gasteiger partial charge in [-0.05, 0) is 6.42 Å². The van der Waals surface area contributed by atoms with Crippen LogP contribution in [-0.2, 0) is 14.3 Å². The van der Waals surface area contributed by atoms with E-state index >= 15 is 0 Å². The number of hydrogen-bond acceptors (Lipinski definition) is 6. The normalized spacial score (nSPS) is 27.5. The molecule has 1 aliphatic rings. The molecule has 1 heterocycles. The van der Waals surface area contributed by atoms with Gasteiger partial charge in [-0.1, -0.05) is 64.7 Å². The summed E-state index contributed by atoms with van der Waals surface area (Å²) in [5.41, 5.74) is 0. The second-order valence-electron chi connectivity index (χ2n) is 6.79. The molecule has 4 N–H and O–H groups in total. The summed E-state index contributed by atoms with van der Waals surface area (Å²) >= 11 is 0. The number of aliphatic hydroxyl groups excluding tert-OH is 3. The van der Waals surface area contributed by atoms with E-state index in [4.69, 9.17) is 14.6 Å². The number of carboxylic acids is 1. The molecule has 5 atom stereocenters. The summed E-state index contributed by atoms with van der Waals surface area (Å²) in [5, 5.41) is 37.7. The largest absolute Gasteiger partial charge is 0.479 e. The van der Waals surface area contributed by atoms with Crippen molar-refractivity contribution in [3.8, 4) is 0 Å². The maximum Gasteiger partial charge on any atom is 0.335 e. The molecular weight excluding hydrogens is 328 g/mol. The average Bonchev–Trinajstić information content (AvgIpc) is 2.87. The number of rotatable bonds is 14. The van der Waals surface area contributed by atoms with Crippen molar-refractivity contribution in [2.75, 3.05) is 6.61 Å². The predicted molar refractivity (Wildman–Crippen MR) is 92.1 cm³/mol. The zero-order valence-electron chi connectivity index (χ0n) is 15.2. The third-order valence-corrected chi connectivity index (χ3v) is 4.60. The van der Waals surface area contributed by atoms with Gasteiger partial charge in [-0.25, -0.2) is 4.79 Å². The van der Waals surface area contributed by atoms with Crippen molar-refractivity contribution in [1.29, 1.82) is 0 Å². The first-order valence-corrected chi connectivity index (χ1v) is 9.53. The van der Waals surface area contributed by atoms with Crippen LogP contribution in [0, 0.1) is 0 Å². The Morgan fingerprint density at radius 2 is 1.48 bits per heavy atom. The van der Waals surface area contributed by atoms with Crippen LogP contribution in [0.2, 0.25) is 0 Å². The van der Waals surface area contributed by atoms with Gasteiger partial charge in [-0.15, -0.1) is 0 Å². The molecule has 0 aromatic heterocycles. The number of aliphatic carboxylic acids is 1. The van der Waals surface area contributed by atoms with Gasteiger partial charge >= 0.3 is 5.97 Å². The number of ether oxygens (including phenoxy) is 2. The highest BCUT2D eigenvalue weighted by Crippen LogP contribution is 2.25. The first-order chi connectivity index (χ1) is 12.0. The minimum Gasteiger partial charge on any atom is -0.479 e. The zero-order chi connectivity index (χ0) is 18.7. The first-order valence-electron chi connectivity index (χ1n) is 9.53. The van der Waals surface area contributed by atoms with E-state index in [1.54, 1.807) is 0 Å². The molecule has 0 bridgehead atoms. The lowest BCUT2D eigenvalue weighted by Crippen LogP contribution is -2.42. The van der Waals surface area contributed by atoms with Crippen LogP contribution in [0.15, 0.2) is 0 Å². The molecule has 0 spiro atoms. The molecule has 7 heteroatoms. The summed E-state index contributed by atoms with van der Waals surface area (Å²) in [7, 11) is 0. The van der Waals surface area contributed by atoms with Crippen LogP contribution in [0.4, 0.5) is 0 Å². The SMILES string of the molecule is CCCCCCCCCCCCO[C@H]1O[C@@H]([C@H](O)C(=O)O)[C@H](O)[C@H]1O. The second-order valence-corrected chi connectivity index (χ2v) is 6.79. The number of aliphatic hydroxyl groups is 3. The van der Waals surface area contributed by atoms with E-state index in [-0.39, 0.29) is 0 Å². The van der Waals surface area contributed by atoms with Gasteiger partial charge < -0.3 is 29.9 Å². The number of carboxylic acid groups (broad SMARTS) is 1. The van der Waals surface area contributed by atoms with Gasteiger partial charge in [-0.2, -0.15) is 0 Å². The van der Waals surface area contributed by atoms with Gasteiger partial charge in [0.05, 0.1) is 0 Å². The molecule has 1 aliphatic heterocycles. The Morgan fingerprint density at radius 3 is 2.00 bits per heavy atom. The maximum atomic E-state index is 10.7. The Labute approximate surface area is 150 Å². The fourth-order valence-electron chi connectivity index (χ4n) is 3.00. The number of carbonyl (C=O) groups is 1. The van der Waals surface area contributed by atoms with Crippen molar-refractivity contribution in [3.63, 3.8) is 0 Å². The summed E-state index contributed by atoms with van der Waals surface area (Å²) in [6.07, 6.45) is 4.74. The van der Waals surface area contributed by atoms with E-state index in [0.29, 0.717) is 6.61 Å². The molecule has 0 radical (unpaired) electrons. The molecule has 0 amide bonds. The lowest BCUT2D eigenvalue weighted by atomic mass is 10.1. The predicted octanol–water partition coefficient (Wildman–Crippen LogP) is 1.82. The van der Waals surface area contributed by atoms with Crippen LogP contribution < -0.4 is 0 Å². The minimum atomic E-state index is -1.89. The van der Waals surface area contributed by atoms with Crippen molar-refractivity contribution >= 4 is 5.97 Å². The zero-order valence-corrected chi connectivity index (χ0v) is 15.2. The van der Waals surface area contributed by atoms with Crippen LogP contribution >= 0.6 is 0 Å². The Hall–Kier alpha value is -0.730. The van der Waals surface area contributed by atoms with Crippen molar-refractivity contribution in [2.24, 2.45) is 0 Å². The molecule has 0 aromatic rings. The fraction of sp³-hybridized carbons (Fsp3) is 0.944. The number of hydrogen-bond donors (Lipinski definition) is 4. The smallest absolute Gasteiger partial charge is 0.335 e. The third-order valence-electron chi connectivity index (χ3n) is 4.60. The maximum absolute atomic E-state index is 10.7. The summed E-state index contributed by atoms with van der Waals surface area (Å²) < 4.78 is 10.5. The molecule has 148 valence electrons. The van der Waals surface area contributed by atoms with Crippen molar-refractivity contribution < 1.29 is 34.7 Å². The van der Waals surface area contributed by atoms with Crippen LogP contribution in [0.3, 0.4) is 0 Å². The molecule has 7 nitrogen and oxygen atoms in total. The quantitative estimate of drug-likeness (QED) is 0.348. The van der Waals surface area contributed by atoms with Crippen molar-refractivity contribution in [2.45, 2.75) is 102 Å². The summed E-state index contributed by atoms with van der Waals surface area (Å²) in [6.45, 7) is 2.58. The molecular formula is C18H34O7. The molecule has 0 unspecified atom stereocenters. The highest BCUT2D eigenvalue weighted by molar-refractivity contribution is 5.72. The number of unbranched alkanes of at least 4 members (excludes halogenated alkanes) is 9. The van der Waals surface area contributed by atoms with Gasteiger partial charge in [0.1, 0.15) is 18.3 Å². The van der Waals surface area contributed by atoms with E-state index in [0.717, 1.165) is 19.3 Å². The van der Waals surface area contributed by atoms with Crippen LogP contribution in [0.1, 0.15) is 71.1 Å². The van der Waals surface area contributed by atoms with Crippen LogP contribution in [0.5, 0.6) is 0 Å². The Morgan fingerprint density at radius 1 is 0.960 bits per heavy atom. The molecule has 1 rings (SSSR count). The minimum absolute atomic E-state index is 0.362. The molecule has 25 heavy (non-hydrogen) atoms. The van der Waals surface area contributed by atoms with Gasteiger partial charge in [-0.3, -0.25) is 0 Å². The molecule has 0 saturated carbocycles. The monoisotopic (exact) mass is 362 g/mol. The first kappa shape index (κ1) is 22.3. The van der Waals surface area contributed by atoms with Gasteiger partial charge in [0.15, 0.2) is 12.4 Å². The summed E-state index contributed by atoms with van der Waals surface area (Å²) in [6, 6.07) is 0. The van der Waals surface area contributed by atoms with Crippen LogP contribution in [0.25, 0.3) is 0 Å². The third kappa shape index (κ3) is 8.00. The highest BCUT2D eigenvalue weighted by Gasteiger charge is 2.48. The van der Waals surface area contributed by atoms with Crippen molar-refractivity contribution in [1.82, 2.24) is 0 Å². The Bertz CT molecular complexity index is 363. The van der Waals surface area contributed by atoms with E-state index in [1.807, 2.05) is 0 Å². The van der Waals surface area contributed by atoms with Gasteiger partial charge in [0.25, 0.3) is 0 Å². The fourth-order valence-corrected chi connectivity index (χ4v) is 3.00. The van der Waals surface area contributed by atoms with E-state index < -0.39 is 36.7 Å². The summed E-state index contributed by atoms with van der Waals surface area (Å²) in [4.78, 5) is 10.7. The molecule has 1 saturated heterocycles. The molecule has 0 aromatic carbocycles. The highest BCUT2D eigenvalue weighted by atomic mass is 16.7. The van der Waals surface area contributed by atoms with E-state index in [2.05, 4.69) is 6.92 Å². The lowest BCUT2D eigenvalue weighted by Gasteiger charge is -2.17. The Kier molecular flexibility index (Phi) is 11.2. The standard InChI is InChI=1S/C18H34O7/c1-2-3-4-5-6-7-8-9-10-11-12-24-18-14(20)13(19)16(25-18)15(21)17(22)23/h13-16,18-21H,2-12H2,1H3,(H,22,23)/t13-,14-,15+,16-,18+/m1/s1. The summed E-state index contributed by atoms with van der Waals surface area (Å²) in [5.74, 6) is -1.51. The molecule has 0 aliphatic carbocycles. The van der Waals surface area contributed by atoms with Crippen LogP contribution in [-0.4, -0.2) is 63.7 Å². The Balaban J connectivity index is 2.05. The average molecular weight is 362 g/mol. The van der Waals surface area contributed by atoms with E-state index in [1.165, 1.54) is 44.9 Å². The van der Waals surface area contributed by atoms with Gasteiger partial charge in [0.2, 0.25) is 0 Å². The van der Waals surface area contributed by atoms with E-state index in [9.17, 15) is 20.1 Å². The topological polar surface area (TPSA) is 116 Å². The molecule has 1 fully saturated rings.